The molecule has 1 saturated heterocycles. The smallest absolute Gasteiger partial charge is 0.291 e. The van der Waals surface area contributed by atoms with Crippen LogP contribution in [-0.4, -0.2) is 43.7 Å². The molecule has 0 radical (unpaired) electrons. The number of nitrogens with one attached hydrogen (secondary N) is 1. The van der Waals surface area contributed by atoms with Crippen molar-refractivity contribution in [1.82, 2.24) is 4.90 Å². The van der Waals surface area contributed by atoms with E-state index in [1.165, 1.54) is 5.56 Å². The van der Waals surface area contributed by atoms with Crippen LogP contribution in [0, 0.1) is 0 Å². The molecule has 3 aromatic carbocycles. The third-order valence-corrected chi connectivity index (χ3v) is 6.06. The van der Waals surface area contributed by atoms with E-state index in [0.717, 1.165) is 61.7 Å². The van der Waals surface area contributed by atoms with Crippen molar-refractivity contribution in [2.24, 2.45) is 0 Å². The van der Waals surface area contributed by atoms with Gasteiger partial charge in [-0.05, 0) is 42.3 Å². The number of hydrogen-bond donors (Lipinski definition) is 1. The Bertz CT molecular complexity index is 1230. The normalized spacial score (nSPS) is 14.2. The van der Waals surface area contributed by atoms with Crippen molar-refractivity contribution in [2.75, 3.05) is 38.2 Å². The molecule has 5 rings (SSSR count). The van der Waals surface area contributed by atoms with E-state index in [-0.39, 0.29) is 18.3 Å². The molecule has 1 aromatic heterocycles. The Hall–Kier alpha value is -3.61. The molecule has 2 heterocycles. The predicted molar refractivity (Wildman–Crippen MR) is 132 cm³/mol. The lowest BCUT2D eigenvalue weighted by Crippen LogP contribution is -2.37. The topological polar surface area (TPSA) is 63.9 Å². The second kappa shape index (κ2) is 10.5. The molecule has 1 aliphatic heterocycles. The van der Waals surface area contributed by atoms with Crippen LogP contribution in [0.4, 0.5) is 5.69 Å². The maximum Gasteiger partial charge on any atom is 0.291 e. The maximum absolute atomic E-state index is 13.2. The molecule has 0 aliphatic carbocycles. The number of furan rings is 1. The molecular weight excluding hydrogens is 428 g/mol. The van der Waals surface area contributed by atoms with Gasteiger partial charge in [-0.2, -0.15) is 0 Å². The molecule has 0 bridgehead atoms. The number of fused-ring (bicyclic) bond motifs is 1. The Balaban J connectivity index is 1.27. The lowest BCUT2D eigenvalue weighted by molar-refractivity contribution is 0.0384. The summed E-state index contributed by atoms with van der Waals surface area (Å²) in [6.45, 7) is 4.85. The maximum atomic E-state index is 13.2. The zero-order valence-corrected chi connectivity index (χ0v) is 19.0. The molecule has 1 fully saturated rings. The summed E-state index contributed by atoms with van der Waals surface area (Å²) in [5.41, 5.74) is 3.37. The Morgan fingerprint density at radius 1 is 0.912 bits per heavy atom. The highest BCUT2D eigenvalue weighted by molar-refractivity contribution is 6.06. The zero-order valence-electron chi connectivity index (χ0n) is 19.0. The fraction of sp³-hybridized carbons (Fsp3) is 0.250. The van der Waals surface area contributed by atoms with E-state index in [2.05, 4.69) is 22.3 Å². The molecule has 0 unspecified atom stereocenters. The van der Waals surface area contributed by atoms with E-state index in [9.17, 15) is 4.79 Å². The third kappa shape index (κ3) is 5.30. The van der Waals surface area contributed by atoms with Gasteiger partial charge in [0.25, 0.3) is 5.91 Å². The highest BCUT2D eigenvalue weighted by atomic mass is 16.5. The monoisotopic (exact) mass is 456 g/mol. The number of amides is 1. The summed E-state index contributed by atoms with van der Waals surface area (Å²) >= 11 is 0. The molecule has 1 N–H and O–H groups in total. The van der Waals surface area contributed by atoms with Crippen LogP contribution in [-0.2, 0) is 17.8 Å². The number of ether oxygens (including phenoxy) is 2. The number of anilines is 1. The third-order valence-electron chi connectivity index (χ3n) is 6.06. The van der Waals surface area contributed by atoms with Crippen LogP contribution in [0.1, 0.15) is 21.7 Å². The molecule has 34 heavy (non-hydrogen) atoms. The van der Waals surface area contributed by atoms with Crippen molar-refractivity contribution < 1.29 is 18.7 Å². The van der Waals surface area contributed by atoms with E-state index in [0.29, 0.717) is 5.58 Å². The standard InChI is InChI=1S/C28H28N2O4/c31-28(29-22-12-10-21(11-13-22)14-15-30-16-18-32-19-17-30)27-25(20-33-23-6-2-1-3-7-23)24-8-4-5-9-26(24)34-27/h1-13H,14-20H2,(H,29,31). The Kier molecular flexibility index (Phi) is 6.89. The highest BCUT2D eigenvalue weighted by Gasteiger charge is 2.21. The first-order valence-corrected chi connectivity index (χ1v) is 11.6. The number of nitrogens with zero attached hydrogens (tertiary/aromatic N) is 1. The van der Waals surface area contributed by atoms with Crippen molar-refractivity contribution >= 4 is 22.6 Å². The minimum Gasteiger partial charge on any atom is -0.489 e. The number of hydrogen-bond acceptors (Lipinski definition) is 5. The first-order chi connectivity index (χ1) is 16.8. The van der Waals surface area contributed by atoms with Gasteiger partial charge in [0.1, 0.15) is 17.9 Å². The van der Waals surface area contributed by atoms with Gasteiger partial charge >= 0.3 is 0 Å². The van der Waals surface area contributed by atoms with E-state index in [1.54, 1.807) is 0 Å². The summed E-state index contributed by atoms with van der Waals surface area (Å²) < 4.78 is 17.3. The number of carbonyl (C=O) groups is 1. The lowest BCUT2D eigenvalue weighted by Gasteiger charge is -2.26. The molecule has 6 heteroatoms. The molecule has 0 atom stereocenters. The summed E-state index contributed by atoms with van der Waals surface area (Å²) in [5, 5.41) is 3.85. The number of rotatable bonds is 8. The van der Waals surface area contributed by atoms with Gasteiger partial charge < -0.3 is 19.2 Å². The molecule has 0 spiro atoms. The Morgan fingerprint density at radius 2 is 1.65 bits per heavy atom. The van der Waals surface area contributed by atoms with Crippen LogP contribution in [0.15, 0.2) is 83.3 Å². The van der Waals surface area contributed by atoms with Crippen LogP contribution >= 0.6 is 0 Å². The minimum absolute atomic E-state index is 0.240. The van der Waals surface area contributed by atoms with E-state index >= 15 is 0 Å². The molecule has 0 saturated carbocycles. The van der Waals surface area contributed by atoms with Crippen LogP contribution < -0.4 is 10.1 Å². The van der Waals surface area contributed by atoms with Gasteiger partial charge in [0.15, 0.2) is 5.76 Å². The van der Waals surface area contributed by atoms with Gasteiger partial charge in [0.2, 0.25) is 0 Å². The second-order valence-corrected chi connectivity index (χ2v) is 8.36. The molecule has 1 aliphatic rings. The second-order valence-electron chi connectivity index (χ2n) is 8.36. The Morgan fingerprint density at radius 3 is 2.44 bits per heavy atom. The van der Waals surface area contributed by atoms with Gasteiger partial charge in [-0.1, -0.05) is 48.5 Å². The van der Waals surface area contributed by atoms with Crippen LogP contribution in [0.25, 0.3) is 11.0 Å². The SMILES string of the molecule is O=C(Nc1ccc(CCN2CCOCC2)cc1)c1oc2ccccc2c1COc1ccccc1. The van der Waals surface area contributed by atoms with E-state index in [4.69, 9.17) is 13.9 Å². The average molecular weight is 457 g/mol. The van der Waals surface area contributed by atoms with Crippen LogP contribution in [0.5, 0.6) is 5.75 Å². The number of benzene rings is 3. The zero-order chi connectivity index (χ0) is 23.2. The highest BCUT2D eigenvalue weighted by Crippen LogP contribution is 2.28. The molecule has 6 nitrogen and oxygen atoms in total. The largest absolute Gasteiger partial charge is 0.489 e. The van der Waals surface area contributed by atoms with Crippen molar-refractivity contribution in [3.63, 3.8) is 0 Å². The molecule has 4 aromatic rings. The first kappa shape index (κ1) is 22.2. The van der Waals surface area contributed by atoms with Gasteiger partial charge in [-0.25, -0.2) is 0 Å². The van der Waals surface area contributed by atoms with E-state index < -0.39 is 0 Å². The van der Waals surface area contributed by atoms with Gasteiger partial charge in [-0.3, -0.25) is 9.69 Å². The fourth-order valence-corrected chi connectivity index (χ4v) is 4.15. The van der Waals surface area contributed by atoms with Gasteiger partial charge in [-0.15, -0.1) is 0 Å². The van der Waals surface area contributed by atoms with Gasteiger partial charge in [0, 0.05) is 36.3 Å². The van der Waals surface area contributed by atoms with Crippen molar-refractivity contribution in [3.8, 4) is 5.75 Å². The molecular formula is C28H28N2O4. The van der Waals surface area contributed by atoms with Crippen molar-refractivity contribution in [1.29, 1.82) is 0 Å². The summed E-state index contributed by atoms with van der Waals surface area (Å²) in [7, 11) is 0. The molecule has 174 valence electrons. The fourth-order valence-electron chi connectivity index (χ4n) is 4.15. The van der Waals surface area contributed by atoms with Crippen molar-refractivity contribution in [3.05, 3.63) is 95.7 Å². The lowest BCUT2D eigenvalue weighted by atomic mass is 10.1. The number of para-hydroxylation sites is 2. The summed E-state index contributed by atoms with van der Waals surface area (Å²) in [5.74, 6) is 0.726. The summed E-state index contributed by atoms with van der Waals surface area (Å²) in [6.07, 6.45) is 0.971. The minimum atomic E-state index is -0.288. The quantitative estimate of drug-likeness (QED) is 0.398. The number of morpholine rings is 1. The Labute approximate surface area is 199 Å². The summed E-state index contributed by atoms with van der Waals surface area (Å²) in [4.78, 5) is 15.6. The molecule has 1 amide bonds. The van der Waals surface area contributed by atoms with Crippen LogP contribution in [0.3, 0.4) is 0 Å². The number of carbonyl (C=O) groups excluding carboxylic acids is 1. The first-order valence-electron chi connectivity index (χ1n) is 11.6. The average Bonchev–Trinajstić information content (AvgIpc) is 3.27. The summed E-state index contributed by atoms with van der Waals surface area (Å²) in [6, 6.07) is 25.2. The van der Waals surface area contributed by atoms with Crippen molar-refractivity contribution in [2.45, 2.75) is 13.0 Å². The van der Waals surface area contributed by atoms with Crippen LogP contribution in [0.2, 0.25) is 0 Å². The van der Waals surface area contributed by atoms with E-state index in [1.807, 2.05) is 66.7 Å². The predicted octanol–water partition coefficient (Wildman–Crippen LogP) is 5.14. The van der Waals surface area contributed by atoms with Gasteiger partial charge in [0.05, 0.1) is 13.2 Å².